The Kier molecular flexibility index (Phi) is 9.93. The van der Waals surface area contributed by atoms with Crippen molar-refractivity contribution in [3.8, 4) is 28.4 Å². The van der Waals surface area contributed by atoms with Crippen LogP contribution in [0.4, 0.5) is 11.4 Å². The van der Waals surface area contributed by atoms with Gasteiger partial charge in [0, 0.05) is 62.3 Å². The van der Waals surface area contributed by atoms with E-state index in [1.54, 1.807) is 0 Å². The quantitative estimate of drug-likeness (QED) is 0.161. The number of anilines is 2. The molecule has 76 heavy (non-hydrogen) atoms. The van der Waals surface area contributed by atoms with E-state index in [1.165, 1.54) is 12.1 Å². The van der Waals surface area contributed by atoms with Crippen molar-refractivity contribution in [3.63, 3.8) is 0 Å². The second kappa shape index (κ2) is 18.5. The van der Waals surface area contributed by atoms with Crippen LogP contribution in [0, 0.1) is 18.8 Å². The van der Waals surface area contributed by atoms with Crippen LogP contribution in [0.3, 0.4) is 0 Å². The molecule has 0 spiro atoms. The molecule has 0 saturated heterocycles. The normalized spacial score (nSPS) is 15.2. The fourth-order valence-corrected chi connectivity index (χ4v) is 11.0. The summed E-state index contributed by atoms with van der Waals surface area (Å²) in [5, 5.41) is 7.87. The first kappa shape index (κ1) is 40.9. The molecule has 0 amide bonds. The number of ether oxygens (including phenoxy) is 1. The summed E-state index contributed by atoms with van der Waals surface area (Å²) in [6.45, 7) is 10.7. The van der Waals surface area contributed by atoms with E-state index in [2.05, 4.69) is 159 Å². The van der Waals surface area contributed by atoms with Gasteiger partial charge in [0.2, 0.25) is 0 Å². The predicted molar refractivity (Wildman–Crippen MR) is 317 cm³/mol. The molecule has 0 N–H and O–H groups in total. The standard InChI is InChI=1S/C70H65N4O.Pt/c1-67(2,3)45-35-36-71-63(40-45)74-60-31-16-15-24-53(60)54-34-33-50(42-62(54)74)75-49-22-17-21-48(41-49)72-43-73-65-51(44-37-46(68(4,5)6)39-47(38-44)69(7,8)9)26-18-28-57(65)52-23-13-14-25-55(52)64-56(27-19-30-59(64)70(10,11)12)58-29-20-32-61(72)66(58)73;/h13-40,43H,1-12H3;/q-3;/i4D3,5D3,6D3;. The molecule has 5 nitrogen and oxygen atoms in total. The third-order valence-corrected chi connectivity index (χ3v) is 14.8. The minimum atomic E-state index is -3.48. The van der Waals surface area contributed by atoms with Crippen molar-refractivity contribution in [1.29, 1.82) is 0 Å². The van der Waals surface area contributed by atoms with Crippen molar-refractivity contribution >= 4 is 76.5 Å². The second-order valence-corrected chi connectivity index (χ2v) is 23.1. The maximum atomic E-state index is 8.85. The first-order chi connectivity index (χ1) is 39.5. The van der Waals surface area contributed by atoms with E-state index < -0.39 is 31.4 Å². The number of pyridine rings is 1. The molecule has 0 saturated carbocycles. The first-order valence-corrected chi connectivity index (χ1v) is 25.7. The van der Waals surface area contributed by atoms with Gasteiger partial charge in [-0.3, -0.25) is 0 Å². The number of nitrogens with zero attached hydrogens (tertiary/aromatic N) is 4. The van der Waals surface area contributed by atoms with Gasteiger partial charge in [-0.05, 0) is 135 Å². The van der Waals surface area contributed by atoms with Crippen LogP contribution in [0.15, 0.2) is 170 Å². The average molecular weight is 1180 g/mol. The molecule has 4 heterocycles. The monoisotopic (exact) mass is 1180 g/mol. The Labute approximate surface area is 475 Å². The van der Waals surface area contributed by atoms with Gasteiger partial charge in [-0.25, -0.2) is 4.98 Å². The summed E-state index contributed by atoms with van der Waals surface area (Å²) in [4.78, 5) is 6.96. The number of hydrogen-bond donors (Lipinski definition) is 0. The van der Waals surface area contributed by atoms with Gasteiger partial charge >= 0.3 is 0 Å². The van der Waals surface area contributed by atoms with Gasteiger partial charge in [0.1, 0.15) is 5.82 Å². The second-order valence-electron chi connectivity index (χ2n) is 23.1. The zero-order valence-electron chi connectivity index (χ0n) is 53.3. The van der Waals surface area contributed by atoms with Crippen molar-refractivity contribution < 1.29 is 38.1 Å². The van der Waals surface area contributed by atoms with Crippen LogP contribution in [-0.2, 0) is 42.7 Å². The number of aromatic nitrogens is 3. The van der Waals surface area contributed by atoms with Crippen LogP contribution in [0.25, 0.3) is 82.1 Å². The van der Waals surface area contributed by atoms with Gasteiger partial charge in [-0.15, -0.1) is 35.7 Å². The number of rotatable bonds is 5. The fourth-order valence-electron chi connectivity index (χ4n) is 11.0. The van der Waals surface area contributed by atoms with Gasteiger partial charge in [0.15, 0.2) is 0 Å². The Morgan fingerprint density at radius 1 is 0.513 bits per heavy atom. The van der Waals surface area contributed by atoms with E-state index in [1.807, 2.05) is 94.3 Å². The van der Waals surface area contributed by atoms with E-state index in [-0.39, 0.29) is 37.5 Å². The van der Waals surface area contributed by atoms with E-state index in [9.17, 15) is 0 Å². The summed E-state index contributed by atoms with van der Waals surface area (Å²) in [6, 6.07) is 61.6. The van der Waals surface area contributed by atoms with Crippen molar-refractivity contribution in [2.75, 3.05) is 4.90 Å². The SMILES string of the molecule is [2H]C([2H])([2H])C(c1cc(-c2cccc3c4ccccc4c4c(C(C)(C)C)cccc4c4cccc5c4n(c23)[CH-]N5c2[c-]c(Oc3[c-]c4c(cc3)c3ccccc3n4-c3cc(C(C)(C)C)ccn3)ccc2)cc(C(C)(C)C)c1)(C([2H])([2H])[2H])C([2H])([2H])[2H].[Pt]. The fraction of sp³-hybridized carbons (Fsp3) is 0.229. The van der Waals surface area contributed by atoms with Crippen LogP contribution in [0.1, 0.15) is 117 Å². The average Bonchev–Trinajstić information content (AvgIpc) is 1.47. The molecule has 0 atom stereocenters. The first-order valence-electron chi connectivity index (χ1n) is 30.2. The molecule has 1 aliphatic rings. The van der Waals surface area contributed by atoms with Crippen LogP contribution in [0.2, 0.25) is 0 Å². The molecule has 1 aliphatic heterocycles. The molecule has 0 fully saturated rings. The van der Waals surface area contributed by atoms with E-state index >= 15 is 0 Å². The molecule has 384 valence electrons. The minimum Gasteiger partial charge on any atom is -0.509 e. The number of hydrogen-bond acceptors (Lipinski definition) is 3. The Bertz CT molecular complexity index is 4510. The molecule has 8 aromatic carbocycles. The zero-order valence-corrected chi connectivity index (χ0v) is 46.5. The maximum absolute atomic E-state index is 8.85. The zero-order chi connectivity index (χ0) is 59.8. The minimum absolute atomic E-state index is 0. The molecule has 0 aliphatic carbocycles. The van der Waals surface area contributed by atoms with Gasteiger partial charge in [0.25, 0.3) is 0 Å². The summed E-state index contributed by atoms with van der Waals surface area (Å²) in [7, 11) is 0. The third-order valence-electron chi connectivity index (χ3n) is 14.8. The van der Waals surface area contributed by atoms with Crippen molar-refractivity contribution in [3.05, 3.63) is 211 Å². The number of para-hydroxylation sites is 3. The summed E-state index contributed by atoms with van der Waals surface area (Å²) in [6.07, 6.45) is 1.86. The molecule has 6 heteroatoms. The molecule has 0 unspecified atom stereocenters. The molecule has 0 bridgehead atoms. The number of fused-ring (bicyclic) bond motifs is 10. The maximum Gasteiger partial charge on any atom is 0.135 e. The summed E-state index contributed by atoms with van der Waals surface area (Å²) in [5.74, 6) is 1.72. The molecule has 3 aromatic heterocycles. The molecule has 12 rings (SSSR count). The van der Waals surface area contributed by atoms with E-state index in [0.29, 0.717) is 39.4 Å². The van der Waals surface area contributed by atoms with Crippen LogP contribution >= 0.6 is 0 Å². The van der Waals surface area contributed by atoms with Crippen molar-refractivity contribution in [2.45, 2.75) is 105 Å². The molecular formula is C70H65N4OPt-3. The summed E-state index contributed by atoms with van der Waals surface area (Å²) >= 11 is 0. The Morgan fingerprint density at radius 3 is 1.87 bits per heavy atom. The van der Waals surface area contributed by atoms with Crippen LogP contribution in [0.5, 0.6) is 11.5 Å². The molecular weight excluding hydrogens is 1110 g/mol. The van der Waals surface area contributed by atoms with Crippen LogP contribution < -0.4 is 9.64 Å². The number of benzene rings is 8. The smallest absolute Gasteiger partial charge is 0.135 e. The van der Waals surface area contributed by atoms with Gasteiger partial charge < -0.3 is 18.8 Å². The van der Waals surface area contributed by atoms with Crippen molar-refractivity contribution in [1.82, 2.24) is 14.1 Å². The largest absolute Gasteiger partial charge is 0.509 e. The van der Waals surface area contributed by atoms with Gasteiger partial charge in [0.05, 0.1) is 0 Å². The Hall–Kier alpha value is -7.33. The Morgan fingerprint density at radius 2 is 1.13 bits per heavy atom. The topological polar surface area (TPSA) is 35.2 Å². The molecule has 11 aromatic rings. The van der Waals surface area contributed by atoms with Crippen molar-refractivity contribution in [2.24, 2.45) is 0 Å². The van der Waals surface area contributed by atoms with E-state index in [4.69, 9.17) is 22.1 Å². The van der Waals surface area contributed by atoms with Gasteiger partial charge in [-0.2, -0.15) is 12.1 Å². The summed E-state index contributed by atoms with van der Waals surface area (Å²) < 4.78 is 90.7. The van der Waals surface area contributed by atoms with Gasteiger partial charge in [-0.1, -0.05) is 203 Å². The van der Waals surface area contributed by atoms with E-state index in [0.717, 1.165) is 82.3 Å². The Balaban J connectivity index is 0.00000752. The predicted octanol–water partition coefficient (Wildman–Crippen LogP) is 19.1. The third kappa shape index (κ3) is 8.71. The molecule has 0 radical (unpaired) electrons. The summed E-state index contributed by atoms with van der Waals surface area (Å²) in [5.41, 5.74) is 4.19. The van der Waals surface area contributed by atoms with Crippen LogP contribution in [-0.4, -0.2) is 14.1 Å².